The molecule has 194 valence electrons. The maximum atomic E-state index is 13.6. The molecule has 0 amide bonds. The summed E-state index contributed by atoms with van der Waals surface area (Å²) < 4.78 is 35.6. The van der Waals surface area contributed by atoms with Crippen molar-refractivity contribution in [2.75, 3.05) is 26.3 Å². The number of rotatable bonds is 6. The smallest absolute Gasteiger partial charge is 0.293 e. The molecule has 12 heteroatoms. The van der Waals surface area contributed by atoms with Gasteiger partial charge in [-0.2, -0.15) is 14.5 Å². The number of aromatic nitrogens is 4. The monoisotopic (exact) mass is 541 g/mol. The van der Waals surface area contributed by atoms with Crippen molar-refractivity contribution < 1.29 is 17.9 Å². The summed E-state index contributed by atoms with van der Waals surface area (Å²) in [6.07, 6.45) is 1.64. The van der Waals surface area contributed by atoms with E-state index in [0.29, 0.717) is 29.8 Å². The van der Waals surface area contributed by atoms with Crippen molar-refractivity contribution in [3.63, 3.8) is 0 Å². The molecule has 5 rings (SSSR count). The molecular weight excluding hydrogens is 514 g/mol. The number of ketones is 1. The second-order valence-corrected chi connectivity index (χ2v) is 12.6. The molecule has 1 saturated heterocycles. The van der Waals surface area contributed by atoms with Gasteiger partial charge in [-0.05, 0) is 44.4 Å². The van der Waals surface area contributed by atoms with Gasteiger partial charge < -0.3 is 4.74 Å². The quantitative estimate of drug-likeness (QED) is 0.345. The highest BCUT2D eigenvalue weighted by molar-refractivity contribution is 7.89. The first kappa shape index (κ1) is 25.5. The summed E-state index contributed by atoms with van der Waals surface area (Å²) in [5.74, 6) is -0.424. The van der Waals surface area contributed by atoms with Crippen molar-refractivity contribution in [2.24, 2.45) is 0 Å². The van der Waals surface area contributed by atoms with Crippen LogP contribution in [0.3, 0.4) is 0 Å². The topological polar surface area (TPSA) is 116 Å². The highest BCUT2D eigenvalue weighted by atomic mass is 32.2. The lowest BCUT2D eigenvalue weighted by molar-refractivity contribution is 0.0730. The summed E-state index contributed by atoms with van der Waals surface area (Å²) in [6, 6.07) is 9.70. The minimum Gasteiger partial charge on any atom is -0.379 e. The third-order valence-electron chi connectivity index (χ3n) is 6.13. The first-order valence-corrected chi connectivity index (χ1v) is 14.1. The number of hydrogen-bond acceptors (Lipinski definition) is 8. The van der Waals surface area contributed by atoms with Gasteiger partial charge in [0.05, 0.1) is 40.1 Å². The van der Waals surface area contributed by atoms with Crippen LogP contribution in [0.1, 0.15) is 31.1 Å². The fraction of sp³-hybridized carbons (Fsp3) is 0.360. The van der Waals surface area contributed by atoms with Crippen LogP contribution in [0.4, 0.5) is 0 Å². The zero-order chi connectivity index (χ0) is 26.4. The van der Waals surface area contributed by atoms with Gasteiger partial charge in [0.25, 0.3) is 5.56 Å². The van der Waals surface area contributed by atoms with E-state index in [1.165, 1.54) is 33.8 Å². The fourth-order valence-electron chi connectivity index (χ4n) is 4.27. The van der Waals surface area contributed by atoms with Gasteiger partial charge in [-0.1, -0.05) is 18.2 Å². The standard InChI is InChI=1S/C25H27N5O5S2/c1-25(2,3)30-23-19(15-26-30)22(21-8-5-13-36-21)27-29(24(23)32)16-20(31)17-6-4-7-18(14-17)37(33,34)28-9-11-35-12-10-28/h4-8,13-15H,9-12,16H2,1-3H3. The Morgan fingerprint density at radius 2 is 1.89 bits per heavy atom. The molecule has 0 aliphatic carbocycles. The SMILES string of the molecule is CC(C)(C)n1ncc2c(-c3cccs3)nn(CC(=O)c3cccc(S(=O)(=O)N4CCOCC4)c3)c(=O)c21. The van der Waals surface area contributed by atoms with Crippen molar-refractivity contribution in [3.8, 4) is 10.6 Å². The van der Waals surface area contributed by atoms with Gasteiger partial charge in [0.1, 0.15) is 17.8 Å². The number of morpholine rings is 1. The van der Waals surface area contributed by atoms with Crippen LogP contribution < -0.4 is 5.56 Å². The maximum absolute atomic E-state index is 13.6. The molecule has 0 atom stereocenters. The Hall–Kier alpha value is -3.19. The summed E-state index contributed by atoms with van der Waals surface area (Å²) in [6.45, 7) is 6.66. The van der Waals surface area contributed by atoms with Crippen molar-refractivity contribution in [3.05, 3.63) is 63.9 Å². The molecule has 3 aromatic heterocycles. The second-order valence-electron chi connectivity index (χ2n) is 9.75. The lowest BCUT2D eigenvalue weighted by atomic mass is 10.1. The molecule has 0 N–H and O–H groups in total. The molecule has 0 saturated carbocycles. The summed E-state index contributed by atoms with van der Waals surface area (Å²) in [4.78, 5) is 27.8. The Morgan fingerprint density at radius 3 is 2.57 bits per heavy atom. The Balaban J connectivity index is 1.55. The third kappa shape index (κ3) is 4.77. The summed E-state index contributed by atoms with van der Waals surface area (Å²) in [5, 5.41) is 11.5. The first-order valence-electron chi connectivity index (χ1n) is 11.8. The van der Waals surface area contributed by atoms with E-state index >= 15 is 0 Å². The second kappa shape index (κ2) is 9.60. The highest BCUT2D eigenvalue weighted by Crippen LogP contribution is 2.30. The Bertz CT molecular complexity index is 1630. The molecule has 0 unspecified atom stereocenters. The summed E-state index contributed by atoms with van der Waals surface area (Å²) in [7, 11) is -3.77. The van der Waals surface area contributed by atoms with Crippen molar-refractivity contribution in [1.29, 1.82) is 0 Å². The number of ether oxygens (including phenoxy) is 1. The molecule has 37 heavy (non-hydrogen) atoms. The van der Waals surface area contributed by atoms with E-state index in [-0.39, 0.29) is 30.1 Å². The van der Waals surface area contributed by atoms with Crippen LogP contribution in [-0.2, 0) is 26.8 Å². The van der Waals surface area contributed by atoms with E-state index in [9.17, 15) is 18.0 Å². The molecule has 4 heterocycles. The van der Waals surface area contributed by atoms with Crippen LogP contribution in [0.5, 0.6) is 0 Å². The summed E-state index contributed by atoms with van der Waals surface area (Å²) >= 11 is 1.48. The molecule has 1 aromatic carbocycles. The van der Waals surface area contributed by atoms with Crippen LogP contribution in [0.15, 0.2) is 57.7 Å². The minimum absolute atomic E-state index is 0.0288. The van der Waals surface area contributed by atoms with Crippen LogP contribution >= 0.6 is 11.3 Å². The normalized spacial score (nSPS) is 15.3. The lowest BCUT2D eigenvalue weighted by Gasteiger charge is -2.26. The lowest BCUT2D eigenvalue weighted by Crippen LogP contribution is -2.40. The number of thiophene rings is 1. The predicted octanol–water partition coefficient (Wildman–Crippen LogP) is 2.98. The molecule has 1 fully saturated rings. The third-order valence-corrected chi connectivity index (χ3v) is 8.90. The zero-order valence-corrected chi connectivity index (χ0v) is 22.4. The van der Waals surface area contributed by atoms with E-state index in [1.807, 2.05) is 38.3 Å². The summed E-state index contributed by atoms with van der Waals surface area (Å²) in [5.41, 5.74) is 0.205. The van der Waals surface area contributed by atoms with Gasteiger partial charge in [-0.3, -0.25) is 14.3 Å². The minimum atomic E-state index is -3.77. The Kier molecular flexibility index (Phi) is 6.61. The molecule has 10 nitrogen and oxygen atoms in total. The van der Waals surface area contributed by atoms with E-state index in [2.05, 4.69) is 10.2 Å². The highest BCUT2D eigenvalue weighted by Gasteiger charge is 2.28. The predicted molar refractivity (Wildman–Crippen MR) is 140 cm³/mol. The molecule has 1 aliphatic heterocycles. The molecule has 1 aliphatic rings. The van der Waals surface area contributed by atoms with Gasteiger partial charge in [-0.25, -0.2) is 13.1 Å². The van der Waals surface area contributed by atoms with Gasteiger partial charge in [0.15, 0.2) is 5.78 Å². The zero-order valence-electron chi connectivity index (χ0n) is 20.7. The van der Waals surface area contributed by atoms with Crippen LogP contribution in [-0.4, -0.2) is 64.4 Å². The molecule has 4 aromatic rings. The van der Waals surface area contributed by atoms with Crippen LogP contribution in [0.25, 0.3) is 21.5 Å². The first-order chi connectivity index (χ1) is 17.6. The number of nitrogens with zero attached hydrogens (tertiary/aromatic N) is 5. The van der Waals surface area contributed by atoms with Crippen molar-refractivity contribution in [2.45, 2.75) is 37.8 Å². The number of fused-ring (bicyclic) bond motifs is 1. The number of carbonyl (C=O) groups is 1. The average Bonchev–Trinajstić information content (AvgIpc) is 3.57. The number of Topliss-reactive ketones (excluding diaryl/α,β-unsaturated/α-hetero) is 1. The Labute approximate surface area is 218 Å². The van der Waals surface area contributed by atoms with E-state index in [0.717, 1.165) is 9.56 Å². The van der Waals surface area contributed by atoms with Gasteiger partial charge in [0, 0.05) is 18.7 Å². The van der Waals surface area contributed by atoms with Crippen LogP contribution in [0, 0.1) is 0 Å². The molecule has 0 radical (unpaired) electrons. The van der Waals surface area contributed by atoms with Crippen molar-refractivity contribution in [1.82, 2.24) is 23.9 Å². The van der Waals surface area contributed by atoms with Gasteiger partial charge >= 0.3 is 0 Å². The maximum Gasteiger partial charge on any atom is 0.293 e. The van der Waals surface area contributed by atoms with Gasteiger partial charge in [0.2, 0.25) is 10.0 Å². The van der Waals surface area contributed by atoms with Crippen molar-refractivity contribution >= 4 is 38.0 Å². The number of benzene rings is 1. The van der Waals surface area contributed by atoms with Crippen LogP contribution in [0.2, 0.25) is 0 Å². The average molecular weight is 542 g/mol. The number of carbonyl (C=O) groups excluding carboxylic acids is 1. The largest absolute Gasteiger partial charge is 0.379 e. The Morgan fingerprint density at radius 1 is 1.14 bits per heavy atom. The van der Waals surface area contributed by atoms with E-state index < -0.39 is 26.9 Å². The van der Waals surface area contributed by atoms with E-state index in [1.54, 1.807) is 16.9 Å². The van der Waals surface area contributed by atoms with E-state index in [4.69, 9.17) is 4.74 Å². The molecule has 0 bridgehead atoms. The molecule has 0 spiro atoms. The van der Waals surface area contributed by atoms with Gasteiger partial charge in [-0.15, -0.1) is 11.3 Å². The molecular formula is C25H27N5O5S2. The number of sulfonamides is 1. The number of hydrogen-bond donors (Lipinski definition) is 0. The fourth-order valence-corrected chi connectivity index (χ4v) is 6.45.